The summed E-state index contributed by atoms with van der Waals surface area (Å²) in [6.07, 6.45) is 2.99. The second kappa shape index (κ2) is 4.97. The summed E-state index contributed by atoms with van der Waals surface area (Å²) >= 11 is 0. The Balaban J connectivity index is 1.92. The van der Waals surface area contributed by atoms with Crippen molar-refractivity contribution in [3.63, 3.8) is 0 Å². The normalized spacial score (nSPS) is 42.8. The highest BCUT2D eigenvalue weighted by Gasteiger charge is 2.36. The summed E-state index contributed by atoms with van der Waals surface area (Å²) in [4.78, 5) is 14.5. The van der Waals surface area contributed by atoms with Gasteiger partial charge in [-0.05, 0) is 37.0 Å². The van der Waals surface area contributed by atoms with Gasteiger partial charge in [-0.15, -0.1) is 0 Å². The Hall–Kier alpha value is -0.570. The Kier molecular flexibility index (Phi) is 3.76. The van der Waals surface area contributed by atoms with Gasteiger partial charge in [0.05, 0.1) is 0 Å². The van der Waals surface area contributed by atoms with E-state index < -0.39 is 0 Å². The summed E-state index contributed by atoms with van der Waals surface area (Å²) in [5, 5.41) is 0. The summed E-state index contributed by atoms with van der Waals surface area (Å²) in [5.74, 6) is 2.43. The van der Waals surface area contributed by atoms with Crippen LogP contribution in [0.1, 0.15) is 40.0 Å². The van der Waals surface area contributed by atoms with E-state index in [0.29, 0.717) is 29.7 Å². The highest BCUT2D eigenvalue weighted by molar-refractivity contribution is 5.79. The molecule has 3 heteroatoms. The number of nitrogens with zero attached hydrogens (tertiary/aromatic N) is 1. The molecule has 2 rings (SSSR count). The SMILES string of the molecule is CC1CN(C(=O)C2CCC(N)C(C)C2)CC1C. The number of hydrogen-bond donors (Lipinski definition) is 1. The monoisotopic (exact) mass is 238 g/mol. The van der Waals surface area contributed by atoms with Crippen molar-refractivity contribution in [3.05, 3.63) is 0 Å². The first-order chi connectivity index (χ1) is 7.99. The number of rotatable bonds is 1. The molecule has 5 unspecified atom stereocenters. The third-order valence-corrected chi connectivity index (χ3v) is 4.88. The minimum atomic E-state index is 0.238. The molecule has 0 radical (unpaired) electrons. The van der Waals surface area contributed by atoms with Crippen LogP contribution in [0.5, 0.6) is 0 Å². The van der Waals surface area contributed by atoms with Gasteiger partial charge in [0.15, 0.2) is 0 Å². The zero-order chi connectivity index (χ0) is 12.6. The lowest BCUT2D eigenvalue weighted by Crippen LogP contribution is -2.41. The van der Waals surface area contributed by atoms with Crippen LogP contribution in [0.4, 0.5) is 0 Å². The first-order valence-electron chi connectivity index (χ1n) is 7.03. The van der Waals surface area contributed by atoms with E-state index in [1.807, 2.05) is 0 Å². The van der Waals surface area contributed by atoms with Crippen molar-refractivity contribution in [2.75, 3.05) is 13.1 Å². The van der Waals surface area contributed by atoms with Crippen LogP contribution in [0.15, 0.2) is 0 Å². The topological polar surface area (TPSA) is 46.3 Å². The van der Waals surface area contributed by atoms with Gasteiger partial charge in [-0.3, -0.25) is 4.79 Å². The highest BCUT2D eigenvalue weighted by Crippen LogP contribution is 2.31. The molecule has 2 N–H and O–H groups in total. The summed E-state index contributed by atoms with van der Waals surface area (Å²) in [6.45, 7) is 8.59. The van der Waals surface area contributed by atoms with Crippen LogP contribution in [0.25, 0.3) is 0 Å². The second-order valence-corrected chi connectivity index (χ2v) is 6.35. The number of carbonyl (C=O) groups excluding carboxylic acids is 1. The Morgan fingerprint density at radius 2 is 1.65 bits per heavy atom. The Labute approximate surface area is 105 Å². The van der Waals surface area contributed by atoms with Gasteiger partial charge in [-0.2, -0.15) is 0 Å². The molecule has 98 valence electrons. The van der Waals surface area contributed by atoms with Crippen LogP contribution in [0.2, 0.25) is 0 Å². The van der Waals surface area contributed by atoms with Crippen molar-refractivity contribution in [1.82, 2.24) is 4.90 Å². The molecule has 1 amide bonds. The van der Waals surface area contributed by atoms with E-state index in [9.17, 15) is 4.79 Å². The van der Waals surface area contributed by atoms with E-state index in [1.54, 1.807) is 0 Å². The third kappa shape index (κ3) is 2.65. The molecular weight excluding hydrogens is 212 g/mol. The predicted octanol–water partition coefficient (Wildman–Crippen LogP) is 1.86. The Bertz CT molecular complexity index is 282. The van der Waals surface area contributed by atoms with Gasteiger partial charge in [0.2, 0.25) is 5.91 Å². The van der Waals surface area contributed by atoms with Gasteiger partial charge in [-0.25, -0.2) is 0 Å². The van der Waals surface area contributed by atoms with Gasteiger partial charge in [0.25, 0.3) is 0 Å². The van der Waals surface area contributed by atoms with Crippen molar-refractivity contribution in [2.45, 2.75) is 46.1 Å². The molecule has 1 aliphatic carbocycles. The van der Waals surface area contributed by atoms with E-state index in [4.69, 9.17) is 5.73 Å². The number of nitrogens with two attached hydrogens (primary N) is 1. The van der Waals surface area contributed by atoms with Gasteiger partial charge in [-0.1, -0.05) is 20.8 Å². The van der Waals surface area contributed by atoms with Crippen molar-refractivity contribution >= 4 is 5.91 Å². The fraction of sp³-hybridized carbons (Fsp3) is 0.929. The minimum Gasteiger partial charge on any atom is -0.342 e. The number of hydrogen-bond acceptors (Lipinski definition) is 2. The van der Waals surface area contributed by atoms with Crippen molar-refractivity contribution in [3.8, 4) is 0 Å². The molecule has 0 aromatic rings. The van der Waals surface area contributed by atoms with Crippen LogP contribution >= 0.6 is 0 Å². The molecule has 5 atom stereocenters. The molecule has 0 aromatic heterocycles. The van der Waals surface area contributed by atoms with Crippen molar-refractivity contribution in [1.29, 1.82) is 0 Å². The number of amides is 1. The minimum absolute atomic E-state index is 0.238. The molecule has 1 saturated heterocycles. The average molecular weight is 238 g/mol. The second-order valence-electron chi connectivity index (χ2n) is 6.35. The average Bonchev–Trinajstić information content (AvgIpc) is 2.62. The van der Waals surface area contributed by atoms with Crippen LogP contribution in [0, 0.1) is 23.7 Å². The first kappa shape index (κ1) is 12.9. The van der Waals surface area contributed by atoms with Gasteiger partial charge in [0, 0.05) is 25.0 Å². The fourth-order valence-electron chi connectivity index (χ4n) is 3.21. The predicted molar refractivity (Wildman–Crippen MR) is 69.4 cm³/mol. The molecule has 0 bridgehead atoms. The van der Waals surface area contributed by atoms with Crippen LogP contribution in [-0.2, 0) is 4.79 Å². The third-order valence-electron chi connectivity index (χ3n) is 4.88. The van der Waals surface area contributed by atoms with Gasteiger partial charge in [0.1, 0.15) is 0 Å². The smallest absolute Gasteiger partial charge is 0.225 e. The molecular formula is C14H26N2O. The summed E-state index contributed by atoms with van der Waals surface area (Å²) in [6, 6.07) is 0.301. The molecule has 17 heavy (non-hydrogen) atoms. The lowest BCUT2D eigenvalue weighted by atomic mass is 9.79. The van der Waals surface area contributed by atoms with Crippen LogP contribution in [-0.4, -0.2) is 29.9 Å². The Morgan fingerprint density at radius 1 is 1.06 bits per heavy atom. The number of likely N-dealkylation sites (tertiary alicyclic amines) is 1. The van der Waals surface area contributed by atoms with E-state index >= 15 is 0 Å². The van der Waals surface area contributed by atoms with E-state index in [1.165, 1.54) is 0 Å². The molecule has 1 heterocycles. The summed E-state index contributed by atoms with van der Waals surface area (Å²) < 4.78 is 0. The molecule has 0 spiro atoms. The van der Waals surface area contributed by atoms with Crippen LogP contribution < -0.4 is 5.73 Å². The standard InChI is InChI=1S/C14H26N2O/c1-9-6-12(4-5-13(9)15)14(17)16-7-10(2)11(3)8-16/h9-13H,4-8,15H2,1-3H3. The van der Waals surface area contributed by atoms with Gasteiger partial charge >= 0.3 is 0 Å². The maximum absolute atomic E-state index is 12.4. The molecule has 1 aliphatic heterocycles. The fourth-order valence-corrected chi connectivity index (χ4v) is 3.21. The molecule has 2 aliphatic rings. The van der Waals surface area contributed by atoms with Crippen LogP contribution in [0.3, 0.4) is 0 Å². The molecule has 2 fully saturated rings. The van der Waals surface area contributed by atoms with Crippen molar-refractivity contribution in [2.24, 2.45) is 29.4 Å². The summed E-state index contributed by atoms with van der Waals surface area (Å²) in [7, 11) is 0. The number of carbonyl (C=O) groups is 1. The molecule has 3 nitrogen and oxygen atoms in total. The largest absolute Gasteiger partial charge is 0.342 e. The zero-order valence-electron chi connectivity index (χ0n) is 11.4. The van der Waals surface area contributed by atoms with E-state index in [-0.39, 0.29) is 5.92 Å². The van der Waals surface area contributed by atoms with Crippen molar-refractivity contribution < 1.29 is 4.79 Å². The molecule has 0 aromatic carbocycles. The Morgan fingerprint density at radius 3 is 2.18 bits per heavy atom. The van der Waals surface area contributed by atoms with Gasteiger partial charge < -0.3 is 10.6 Å². The maximum atomic E-state index is 12.4. The maximum Gasteiger partial charge on any atom is 0.225 e. The lowest BCUT2D eigenvalue weighted by molar-refractivity contribution is -0.136. The summed E-state index contributed by atoms with van der Waals surface area (Å²) in [5.41, 5.74) is 6.01. The quantitative estimate of drug-likeness (QED) is 0.758. The lowest BCUT2D eigenvalue weighted by Gasteiger charge is -2.33. The zero-order valence-corrected chi connectivity index (χ0v) is 11.4. The van der Waals surface area contributed by atoms with E-state index in [2.05, 4.69) is 25.7 Å². The molecule has 1 saturated carbocycles. The highest BCUT2D eigenvalue weighted by atomic mass is 16.2. The first-order valence-corrected chi connectivity index (χ1v) is 7.03. The van der Waals surface area contributed by atoms with E-state index in [0.717, 1.165) is 32.4 Å².